The lowest BCUT2D eigenvalue weighted by molar-refractivity contribution is -0.140. The Bertz CT molecular complexity index is 1290. The maximum atomic E-state index is 13.3. The summed E-state index contributed by atoms with van der Waals surface area (Å²) in [6.07, 6.45) is 1.70. The van der Waals surface area contributed by atoms with Crippen molar-refractivity contribution in [1.82, 2.24) is 25.3 Å². The number of nitrogens with one attached hydrogen (secondary N) is 2. The molecular weight excluding hydrogens is 516 g/mol. The molecular formula is C29H39ClN6O3. The SMILES string of the molecule is CCNCCN(CC(=O)N(C)C1Cc2ccc(C)cc2C1)C(=O)CNc1cc(-c2noc(C)n2)ccc1C.Cl. The average Bonchev–Trinajstić information content (AvgIpc) is 3.52. The second kappa shape index (κ2) is 13.6. The maximum absolute atomic E-state index is 13.3. The van der Waals surface area contributed by atoms with Gasteiger partial charge in [-0.05, 0) is 56.0 Å². The number of amides is 2. The Kier molecular flexibility index (Phi) is 10.5. The lowest BCUT2D eigenvalue weighted by atomic mass is 10.1. The Morgan fingerprint density at radius 3 is 2.54 bits per heavy atom. The van der Waals surface area contributed by atoms with Gasteiger partial charge in [-0.15, -0.1) is 12.4 Å². The van der Waals surface area contributed by atoms with Crippen LogP contribution < -0.4 is 10.6 Å². The number of hydrogen-bond acceptors (Lipinski definition) is 7. The molecule has 0 saturated carbocycles. The van der Waals surface area contributed by atoms with Gasteiger partial charge in [-0.2, -0.15) is 4.98 Å². The third-order valence-electron chi connectivity index (χ3n) is 7.15. The molecule has 0 bridgehead atoms. The molecule has 2 amide bonds. The summed E-state index contributed by atoms with van der Waals surface area (Å²) >= 11 is 0. The fraction of sp³-hybridized carbons (Fsp3) is 0.448. The number of carbonyl (C=O) groups excluding carboxylic acids is 2. The van der Waals surface area contributed by atoms with E-state index >= 15 is 0 Å². The van der Waals surface area contributed by atoms with Gasteiger partial charge in [0, 0.05) is 44.4 Å². The zero-order valence-corrected chi connectivity index (χ0v) is 24.2. The lowest BCUT2D eigenvalue weighted by Gasteiger charge is -2.29. The van der Waals surface area contributed by atoms with E-state index in [1.165, 1.54) is 16.7 Å². The Morgan fingerprint density at radius 1 is 1.05 bits per heavy atom. The number of rotatable bonds is 11. The highest BCUT2D eigenvalue weighted by molar-refractivity contribution is 5.87. The smallest absolute Gasteiger partial charge is 0.242 e. The van der Waals surface area contributed by atoms with Crippen molar-refractivity contribution >= 4 is 29.9 Å². The van der Waals surface area contributed by atoms with Gasteiger partial charge in [0.25, 0.3) is 0 Å². The quantitative estimate of drug-likeness (QED) is 0.349. The van der Waals surface area contributed by atoms with E-state index in [0.29, 0.717) is 24.8 Å². The van der Waals surface area contributed by atoms with Crippen LogP contribution >= 0.6 is 12.4 Å². The van der Waals surface area contributed by atoms with Crippen LogP contribution in [0.2, 0.25) is 0 Å². The van der Waals surface area contributed by atoms with Crippen LogP contribution in [0.25, 0.3) is 11.4 Å². The van der Waals surface area contributed by atoms with Crippen LogP contribution in [0.3, 0.4) is 0 Å². The Morgan fingerprint density at radius 2 is 1.82 bits per heavy atom. The molecule has 2 aromatic carbocycles. The number of benzene rings is 2. The molecule has 1 aromatic heterocycles. The predicted molar refractivity (Wildman–Crippen MR) is 155 cm³/mol. The topological polar surface area (TPSA) is 104 Å². The van der Waals surface area contributed by atoms with Crippen molar-refractivity contribution in [2.45, 2.75) is 46.6 Å². The van der Waals surface area contributed by atoms with Gasteiger partial charge >= 0.3 is 0 Å². The number of aromatic nitrogens is 2. The minimum atomic E-state index is -0.129. The first kappa shape index (κ1) is 30.1. The summed E-state index contributed by atoms with van der Waals surface area (Å²) in [5.41, 5.74) is 6.46. The number of aryl methyl sites for hydroxylation is 3. The molecule has 1 unspecified atom stereocenters. The number of fused-ring (bicyclic) bond motifs is 1. The van der Waals surface area contributed by atoms with E-state index in [2.05, 4.69) is 45.9 Å². The molecule has 10 heteroatoms. The van der Waals surface area contributed by atoms with Crippen molar-refractivity contribution < 1.29 is 14.1 Å². The van der Waals surface area contributed by atoms with Gasteiger partial charge in [0.15, 0.2) is 0 Å². The third-order valence-corrected chi connectivity index (χ3v) is 7.15. The minimum absolute atomic E-state index is 0. The van der Waals surface area contributed by atoms with Crippen molar-refractivity contribution in [2.75, 3.05) is 45.1 Å². The van der Waals surface area contributed by atoms with E-state index < -0.39 is 0 Å². The molecule has 1 heterocycles. The van der Waals surface area contributed by atoms with Gasteiger partial charge in [0.05, 0.1) is 13.1 Å². The number of hydrogen-bond donors (Lipinski definition) is 2. The number of halogens is 1. The van der Waals surface area contributed by atoms with E-state index in [0.717, 1.165) is 36.2 Å². The van der Waals surface area contributed by atoms with Crippen LogP contribution in [0.15, 0.2) is 40.9 Å². The summed E-state index contributed by atoms with van der Waals surface area (Å²) in [6.45, 7) is 9.84. The summed E-state index contributed by atoms with van der Waals surface area (Å²) in [5, 5.41) is 10.5. The number of nitrogens with zero attached hydrogens (tertiary/aromatic N) is 4. The van der Waals surface area contributed by atoms with Crippen LogP contribution in [0.1, 0.15) is 35.1 Å². The molecule has 1 atom stereocenters. The number of anilines is 1. The summed E-state index contributed by atoms with van der Waals surface area (Å²) in [5.74, 6) is 0.819. The lowest BCUT2D eigenvalue weighted by Crippen LogP contribution is -2.48. The summed E-state index contributed by atoms with van der Waals surface area (Å²) < 4.78 is 5.10. The Hall–Kier alpha value is -3.43. The molecule has 0 fully saturated rings. The summed E-state index contributed by atoms with van der Waals surface area (Å²) in [7, 11) is 1.85. The standard InChI is InChI=1S/C29H38N6O3.ClH/c1-6-30-11-12-35(18-28(37)34(5)25-14-22-9-7-19(2)13-24(22)15-25)27(36)17-31-26-16-23(10-8-20(26)3)29-32-21(4)38-33-29;/h7-10,13,16,25,30-31H,6,11-12,14-15,17-18H2,1-5H3;1H. The molecule has 0 spiro atoms. The van der Waals surface area contributed by atoms with Gasteiger partial charge in [-0.25, -0.2) is 0 Å². The fourth-order valence-electron chi connectivity index (χ4n) is 4.81. The molecule has 3 aromatic rings. The molecule has 39 heavy (non-hydrogen) atoms. The van der Waals surface area contributed by atoms with Gasteiger partial charge in [0.1, 0.15) is 0 Å². The summed E-state index contributed by atoms with van der Waals surface area (Å²) in [6, 6.07) is 12.4. The second-order valence-electron chi connectivity index (χ2n) is 10.0. The fourth-order valence-corrected chi connectivity index (χ4v) is 4.81. The van der Waals surface area contributed by atoms with Crippen LogP contribution in [0.5, 0.6) is 0 Å². The van der Waals surface area contributed by atoms with Crippen LogP contribution in [0.4, 0.5) is 5.69 Å². The molecule has 0 saturated heterocycles. The zero-order valence-electron chi connectivity index (χ0n) is 23.4. The Balaban J connectivity index is 0.00000420. The first-order chi connectivity index (χ1) is 18.2. The molecule has 2 N–H and O–H groups in total. The highest BCUT2D eigenvalue weighted by Crippen LogP contribution is 2.26. The molecule has 210 valence electrons. The number of likely N-dealkylation sites (N-methyl/N-ethyl adjacent to an activating group) is 2. The normalized spacial score (nSPS) is 13.9. The van der Waals surface area contributed by atoms with Crippen molar-refractivity contribution in [1.29, 1.82) is 0 Å². The molecule has 4 rings (SSSR count). The predicted octanol–water partition coefficient (Wildman–Crippen LogP) is 3.56. The van der Waals surface area contributed by atoms with E-state index in [4.69, 9.17) is 4.52 Å². The highest BCUT2D eigenvalue weighted by Gasteiger charge is 2.29. The molecule has 1 aliphatic carbocycles. The summed E-state index contributed by atoms with van der Waals surface area (Å²) in [4.78, 5) is 34.3. The molecule has 1 aliphatic rings. The van der Waals surface area contributed by atoms with Crippen molar-refractivity contribution in [3.63, 3.8) is 0 Å². The van der Waals surface area contributed by atoms with Gasteiger partial charge in [-0.3, -0.25) is 9.59 Å². The molecule has 9 nitrogen and oxygen atoms in total. The van der Waals surface area contributed by atoms with Crippen molar-refractivity contribution in [2.24, 2.45) is 0 Å². The third kappa shape index (κ3) is 7.58. The number of carbonyl (C=O) groups is 2. The van der Waals surface area contributed by atoms with Gasteiger partial charge in [-0.1, -0.05) is 48.0 Å². The van der Waals surface area contributed by atoms with E-state index in [1.807, 2.05) is 44.0 Å². The monoisotopic (exact) mass is 554 g/mol. The van der Waals surface area contributed by atoms with Gasteiger partial charge in [0.2, 0.25) is 23.5 Å². The first-order valence-corrected chi connectivity index (χ1v) is 13.2. The van der Waals surface area contributed by atoms with E-state index in [-0.39, 0.29) is 43.4 Å². The zero-order chi connectivity index (χ0) is 27.2. The molecule has 0 radical (unpaired) electrons. The van der Waals surface area contributed by atoms with Crippen LogP contribution in [-0.4, -0.2) is 77.6 Å². The second-order valence-corrected chi connectivity index (χ2v) is 10.0. The maximum Gasteiger partial charge on any atom is 0.242 e. The van der Waals surface area contributed by atoms with Crippen molar-refractivity contribution in [3.05, 3.63) is 64.5 Å². The largest absolute Gasteiger partial charge is 0.376 e. The Labute approximate surface area is 236 Å². The van der Waals surface area contributed by atoms with E-state index in [9.17, 15) is 9.59 Å². The van der Waals surface area contributed by atoms with Gasteiger partial charge < -0.3 is 25.0 Å². The highest BCUT2D eigenvalue weighted by atomic mass is 35.5. The minimum Gasteiger partial charge on any atom is -0.376 e. The van der Waals surface area contributed by atoms with Crippen molar-refractivity contribution in [3.8, 4) is 11.4 Å². The average molecular weight is 555 g/mol. The molecule has 0 aliphatic heterocycles. The van der Waals surface area contributed by atoms with E-state index in [1.54, 1.807) is 11.8 Å². The van der Waals surface area contributed by atoms with Crippen LogP contribution in [0, 0.1) is 20.8 Å². The first-order valence-electron chi connectivity index (χ1n) is 13.2. The van der Waals surface area contributed by atoms with Crippen LogP contribution in [-0.2, 0) is 22.4 Å².